The van der Waals surface area contributed by atoms with Crippen LogP contribution in [-0.2, 0) is 0 Å². The van der Waals surface area contributed by atoms with Gasteiger partial charge in [-0.3, -0.25) is 0 Å². The van der Waals surface area contributed by atoms with Gasteiger partial charge in [-0.1, -0.05) is 62.4 Å². The molecule has 6 aliphatic rings. The summed E-state index contributed by atoms with van der Waals surface area (Å²) in [6.45, 7) is 14.8. The summed E-state index contributed by atoms with van der Waals surface area (Å²) in [4.78, 5) is 9.13. The smallest absolute Gasteiger partial charge is 0.0297 e. The molecule has 0 aromatic rings. The van der Waals surface area contributed by atoms with Crippen LogP contribution in [0.25, 0.3) is 20.9 Å². The van der Waals surface area contributed by atoms with Gasteiger partial charge in [0.05, 0.1) is 0 Å². The summed E-state index contributed by atoms with van der Waals surface area (Å²) < 4.78 is 0. The zero-order valence-corrected chi connectivity index (χ0v) is 23.1. The first-order chi connectivity index (χ1) is 17.3. The van der Waals surface area contributed by atoms with E-state index in [0.717, 1.165) is 5.92 Å². The Labute approximate surface area is 217 Å². The third kappa shape index (κ3) is 4.06. The van der Waals surface area contributed by atoms with E-state index in [-0.39, 0.29) is 17.3 Å². The fourth-order valence-electron chi connectivity index (χ4n) is 10.6. The molecule has 2 bridgehead atoms. The number of allylic oxidation sites excluding steroid dienone is 2. The van der Waals surface area contributed by atoms with E-state index in [4.69, 9.17) is 0 Å². The van der Waals surface area contributed by atoms with Gasteiger partial charge in [-0.05, 0) is 121 Å². The van der Waals surface area contributed by atoms with E-state index in [1.165, 1.54) is 77.4 Å². The molecule has 7 heteroatoms. The van der Waals surface area contributed by atoms with Gasteiger partial charge in [0.1, 0.15) is 0 Å². The zero-order chi connectivity index (χ0) is 25.6. The van der Waals surface area contributed by atoms with E-state index in [9.17, 15) is 11.1 Å². The lowest BCUT2D eigenvalue weighted by Crippen LogP contribution is -2.65. The Morgan fingerprint density at radius 1 is 0.972 bits per heavy atom. The minimum Gasteiger partial charge on any atom is -0.303 e. The van der Waals surface area contributed by atoms with E-state index >= 15 is 0 Å². The van der Waals surface area contributed by atoms with E-state index < -0.39 is 0 Å². The molecule has 6 rings (SSSR count). The SMILES string of the molecule is CC(C)C1=CC23CC[C@H]4[C@](C)(CN5CCCCC5)CCC[C@]4(C)[C@H]2C[C@@H]1[C@@H](CN=[N+]=[N-])[C@H]3CN=[N+]=[N-]. The molecule has 1 saturated heterocycles. The third-order valence-corrected chi connectivity index (χ3v) is 11.9. The first kappa shape index (κ1) is 25.9. The maximum Gasteiger partial charge on any atom is 0.0297 e. The molecular weight excluding hydrogens is 446 g/mol. The lowest BCUT2D eigenvalue weighted by atomic mass is 9.34. The van der Waals surface area contributed by atoms with E-state index in [0.29, 0.717) is 41.7 Å². The predicted molar refractivity (Wildman–Crippen MR) is 145 cm³/mol. The van der Waals surface area contributed by atoms with E-state index in [1.54, 1.807) is 5.57 Å². The minimum absolute atomic E-state index is 0.0623. The molecule has 5 aliphatic carbocycles. The predicted octanol–water partition coefficient (Wildman–Crippen LogP) is 8.15. The van der Waals surface area contributed by atoms with Crippen LogP contribution < -0.4 is 0 Å². The minimum atomic E-state index is 0.0623. The van der Waals surface area contributed by atoms with Crippen LogP contribution in [0.4, 0.5) is 0 Å². The third-order valence-electron chi connectivity index (χ3n) is 11.9. The fourth-order valence-corrected chi connectivity index (χ4v) is 10.6. The molecule has 7 nitrogen and oxygen atoms in total. The second kappa shape index (κ2) is 9.89. The molecule has 4 fully saturated rings. The highest BCUT2D eigenvalue weighted by Crippen LogP contribution is 2.73. The quantitative estimate of drug-likeness (QED) is 0.152. The lowest BCUT2D eigenvalue weighted by Gasteiger charge is -2.71. The molecule has 198 valence electrons. The maximum absolute atomic E-state index is 9.28. The Morgan fingerprint density at radius 2 is 1.69 bits per heavy atom. The van der Waals surface area contributed by atoms with Crippen LogP contribution in [0.1, 0.15) is 85.5 Å². The highest BCUT2D eigenvalue weighted by Gasteiger charge is 2.67. The number of likely N-dealkylation sites (tertiary alicyclic amines) is 1. The molecule has 0 amide bonds. The summed E-state index contributed by atoms with van der Waals surface area (Å²) >= 11 is 0. The first-order valence-corrected chi connectivity index (χ1v) is 14.8. The number of hydrogen-bond donors (Lipinski definition) is 0. The van der Waals surface area contributed by atoms with Crippen molar-refractivity contribution in [2.45, 2.75) is 85.5 Å². The number of hydrogen-bond acceptors (Lipinski definition) is 3. The second-order valence-corrected chi connectivity index (χ2v) is 13.8. The Bertz CT molecular complexity index is 957. The van der Waals surface area contributed by atoms with Gasteiger partial charge in [-0.2, -0.15) is 0 Å². The number of nitrogens with zero attached hydrogens (tertiary/aromatic N) is 7. The van der Waals surface area contributed by atoms with Gasteiger partial charge < -0.3 is 4.90 Å². The van der Waals surface area contributed by atoms with Crippen molar-refractivity contribution in [1.82, 2.24) is 4.90 Å². The van der Waals surface area contributed by atoms with Crippen LogP contribution in [0, 0.1) is 51.8 Å². The number of azide groups is 2. The first-order valence-electron chi connectivity index (χ1n) is 14.8. The molecular formula is C29H47N7. The van der Waals surface area contributed by atoms with Crippen molar-refractivity contribution in [1.29, 1.82) is 0 Å². The largest absolute Gasteiger partial charge is 0.303 e. The van der Waals surface area contributed by atoms with Gasteiger partial charge in [0.2, 0.25) is 0 Å². The second-order valence-electron chi connectivity index (χ2n) is 13.8. The molecule has 1 spiro atoms. The van der Waals surface area contributed by atoms with E-state index in [1.807, 2.05) is 0 Å². The molecule has 1 heterocycles. The molecule has 1 unspecified atom stereocenters. The molecule has 1 aliphatic heterocycles. The summed E-state index contributed by atoms with van der Waals surface area (Å²) in [5.74, 6) is 2.88. The molecule has 0 aromatic heterocycles. The summed E-state index contributed by atoms with van der Waals surface area (Å²) in [5.41, 5.74) is 20.8. The van der Waals surface area contributed by atoms with Crippen LogP contribution in [0.2, 0.25) is 0 Å². The van der Waals surface area contributed by atoms with Gasteiger partial charge in [0.25, 0.3) is 0 Å². The molecule has 0 N–H and O–H groups in total. The number of piperidine rings is 1. The van der Waals surface area contributed by atoms with Crippen LogP contribution in [0.3, 0.4) is 0 Å². The maximum atomic E-state index is 9.28. The van der Waals surface area contributed by atoms with Crippen molar-refractivity contribution < 1.29 is 0 Å². The van der Waals surface area contributed by atoms with Crippen molar-refractivity contribution >= 4 is 0 Å². The monoisotopic (exact) mass is 493 g/mol. The van der Waals surface area contributed by atoms with Crippen molar-refractivity contribution in [2.24, 2.45) is 62.0 Å². The van der Waals surface area contributed by atoms with Crippen LogP contribution in [0.15, 0.2) is 21.9 Å². The zero-order valence-electron chi connectivity index (χ0n) is 23.1. The molecule has 0 radical (unpaired) electrons. The standard InChI is InChI=1S/C29H47N7/c1-20(2)22-16-29-12-9-25-27(3,19-36-13-6-5-7-14-36)10-8-11-28(25,4)26(29)15-21(22)23(17-32-34-30)24(29)18-33-35-31/h16,20-21,23-26H,5-15,17-19H2,1-4H3/t21-,23+,24+,25-,26+,27-,28-,29?/m0/s1. The van der Waals surface area contributed by atoms with Gasteiger partial charge in [0.15, 0.2) is 0 Å². The van der Waals surface area contributed by atoms with Gasteiger partial charge in [0, 0.05) is 29.5 Å². The fraction of sp³-hybridized carbons (Fsp3) is 0.931. The van der Waals surface area contributed by atoms with Crippen molar-refractivity contribution in [3.05, 3.63) is 32.5 Å². The Kier molecular flexibility index (Phi) is 7.13. The average molecular weight is 494 g/mol. The van der Waals surface area contributed by atoms with Gasteiger partial charge in [-0.25, -0.2) is 0 Å². The Morgan fingerprint density at radius 3 is 2.39 bits per heavy atom. The Hall–Kier alpha value is -1.68. The number of fused-ring (bicyclic) bond motifs is 2. The molecule has 0 aromatic carbocycles. The average Bonchev–Trinajstić information content (AvgIpc) is 2.86. The van der Waals surface area contributed by atoms with E-state index in [2.05, 4.69) is 58.7 Å². The lowest BCUT2D eigenvalue weighted by molar-refractivity contribution is -0.184. The van der Waals surface area contributed by atoms with Gasteiger partial charge >= 0.3 is 0 Å². The van der Waals surface area contributed by atoms with Crippen LogP contribution in [0.5, 0.6) is 0 Å². The molecule has 8 atom stereocenters. The summed E-state index contributed by atoms with van der Waals surface area (Å²) in [6, 6.07) is 0. The topological polar surface area (TPSA) is 101 Å². The summed E-state index contributed by atoms with van der Waals surface area (Å²) in [6.07, 6.45) is 14.5. The van der Waals surface area contributed by atoms with Crippen LogP contribution >= 0.6 is 0 Å². The highest BCUT2D eigenvalue weighted by molar-refractivity contribution is 5.32. The molecule has 3 saturated carbocycles. The summed E-state index contributed by atoms with van der Waals surface area (Å²) in [7, 11) is 0. The van der Waals surface area contributed by atoms with Crippen molar-refractivity contribution in [3.8, 4) is 0 Å². The van der Waals surface area contributed by atoms with Crippen molar-refractivity contribution in [3.63, 3.8) is 0 Å². The van der Waals surface area contributed by atoms with Gasteiger partial charge in [-0.15, -0.1) is 0 Å². The van der Waals surface area contributed by atoms with Crippen molar-refractivity contribution in [2.75, 3.05) is 32.7 Å². The van der Waals surface area contributed by atoms with Crippen LogP contribution in [-0.4, -0.2) is 37.6 Å². The number of rotatable bonds is 7. The normalized spacial score (nSPS) is 44.1. The molecule has 36 heavy (non-hydrogen) atoms. The Balaban J connectivity index is 1.53. The highest BCUT2D eigenvalue weighted by atomic mass is 15.1. The summed E-state index contributed by atoms with van der Waals surface area (Å²) in [5, 5.41) is 8.27.